The highest BCUT2D eigenvalue weighted by Crippen LogP contribution is 2.30. The maximum absolute atomic E-state index is 12.6. The van der Waals surface area contributed by atoms with Gasteiger partial charge in [0.25, 0.3) is 5.89 Å². The van der Waals surface area contributed by atoms with E-state index in [9.17, 15) is 26.4 Å². The molecule has 160 valence electrons. The standard InChI is InChI=1S/C16H14F3N5O5S/c1-24-8-12(6-20-24)30(26,27)21-7-14(25)28-9-13-22-15(23-29-13)10-2-4-11(5-3-10)16(17,18)19/h2-6,8,21H,7,9H2,1H3. The van der Waals surface area contributed by atoms with E-state index in [1.165, 1.54) is 30.1 Å². The van der Waals surface area contributed by atoms with Gasteiger partial charge in [-0.2, -0.15) is 28.0 Å². The largest absolute Gasteiger partial charge is 0.455 e. The van der Waals surface area contributed by atoms with Crippen molar-refractivity contribution in [3.8, 4) is 11.4 Å². The fraction of sp³-hybridized carbons (Fsp3) is 0.250. The van der Waals surface area contributed by atoms with Crippen LogP contribution in [0.25, 0.3) is 11.4 Å². The van der Waals surface area contributed by atoms with Crippen molar-refractivity contribution >= 4 is 16.0 Å². The van der Waals surface area contributed by atoms with Crippen molar-refractivity contribution < 1.29 is 35.6 Å². The Balaban J connectivity index is 1.53. The van der Waals surface area contributed by atoms with Gasteiger partial charge in [0.15, 0.2) is 6.61 Å². The summed E-state index contributed by atoms with van der Waals surface area (Å²) in [6.07, 6.45) is -2.09. The van der Waals surface area contributed by atoms with Gasteiger partial charge in [-0.25, -0.2) is 8.42 Å². The van der Waals surface area contributed by atoms with Crippen molar-refractivity contribution in [1.29, 1.82) is 0 Å². The van der Waals surface area contributed by atoms with Crippen LogP contribution >= 0.6 is 0 Å². The molecule has 0 radical (unpaired) electrons. The summed E-state index contributed by atoms with van der Waals surface area (Å²) in [5.74, 6) is -1.02. The number of benzene rings is 1. The Morgan fingerprint density at radius 1 is 1.27 bits per heavy atom. The quantitative estimate of drug-likeness (QED) is 0.542. The first kappa shape index (κ1) is 21.4. The van der Waals surface area contributed by atoms with Crippen LogP contribution in [0.15, 0.2) is 46.1 Å². The molecule has 0 atom stereocenters. The zero-order valence-electron chi connectivity index (χ0n) is 15.3. The highest BCUT2D eigenvalue weighted by Gasteiger charge is 2.30. The predicted molar refractivity (Wildman–Crippen MR) is 92.9 cm³/mol. The maximum Gasteiger partial charge on any atom is 0.416 e. The molecule has 0 unspecified atom stereocenters. The third kappa shape index (κ3) is 5.21. The zero-order valence-corrected chi connectivity index (χ0v) is 16.1. The summed E-state index contributed by atoms with van der Waals surface area (Å²) in [5.41, 5.74) is -0.550. The molecule has 3 rings (SSSR count). The second-order valence-electron chi connectivity index (χ2n) is 5.92. The lowest BCUT2D eigenvalue weighted by Crippen LogP contribution is -2.30. The van der Waals surface area contributed by atoms with Crippen molar-refractivity contribution in [2.45, 2.75) is 17.7 Å². The minimum absolute atomic E-state index is 0.00653. The molecule has 2 heterocycles. The summed E-state index contributed by atoms with van der Waals surface area (Å²) < 4.78 is 74.8. The number of rotatable bonds is 7. The minimum atomic E-state index is -4.46. The molecule has 0 aliphatic rings. The van der Waals surface area contributed by atoms with Gasteiger partial charge in [0, 0.05) is 18.8 Å². The molecule has 14 heteroatoms. The second kappa shape index (κ2) is 8.23. The third-order valence-electron chi connectivity index (χ3n) is 3.69. The third-order valence-corrected chi connectivity index (χ3v) is 5.05. The molecule has 0 bridgehead atoms. The van der Waals surface area contributed by atoms with Crippen molar-refractivity contribution in [2.75, 3.05) is 6.54 Å². The van der Waals surface area contributed by atoms with Gasteiger partial charge < -0.3 is 9.26 Å². The number of aryl methyl sites for hydroxylation is 1. The average molecular weight is 445 g/mol. The molecule has 3 aromatic rings. The Hall–Kier alpha value is -3.26. The highest BCUT2D eigenvalue weighted by molar-refractivity contribution is 7.89. The molecule has 0 aliphatic carbocycles. The van der Waals surface area contributed by atoms with Gasteiger partial charge in [0.05, 0.1) is 11.8 Å². The van der Waals surface area contributed by atoms with E-state index in [1.54, 1.807) is 0 Å². The number of nitrogens with one attached hydrogen (secondary N) is 1. The number of nitrogens with zero attached hydrogens (tertiary/aromatic N) is 4. The van der Waals surface area contributed by atoms with Crippen LogP contribution < -0.4 is 4.72 Å². The molecule has 0 saturated carbocycles. The summed E-state index contributed by atoms with van der Waals surface area (Å²) in [5, 5.41) is 7.33. The molecule has 0 aliphatic heterocycles. The van der Waals surface area contributed by atoms with Gasteiger partial charge in [-0.15, -0.1) is 0 Å². The van der Waals surface area contributed by atoms with Crippen LogP contribution in [-0.2, 0) is 39.4 Å². The predicted octanol–water partition coefficient (Wildman–Crippen LogP) is 1.51. The van der Waals surface area contributed by atoms with E-state index >= 15 is 0 Å². The molecule has 1 N–H and O–H groups in total. The van der Waals surface area contributed by atoms with E-state index in [1.807, 2.05) is 0 Å². The fourth-order valence-electron chi connectivity index (χ4n) is 2.21. The Morgan fingerprint density at radius 3 is 2.57 bits per heavy atom. The topological polar surface area (TPSA) is 129 Å². The van der Waals surface area contributed by atoms with E-state index < -0.39 is 40.9 Å². The molecule has 0 spiro atoms. The Bertz CT molecular complexity index is 1140. The van der Waals surface area contributed by atoms with E-state index in [-0.39, 0.29) is 22.2 Å². The number of sulfonamides is 1. The summed E-state index contributed by atoms with van der Waals surface area (Å²) in [7, 11) is -2.39. The molecule has 1 aromatic carbocycles. The number of hydrogen-bond donors (Lipinski definition) is 1. The van der Waals surface area contributed by atoms with Crippen LogP contribution in [0.4, 0.5) is 13.2 Å². The summed E-state index contributed by atoms with van der Waals surface area (Å²) in [6.45, 7) is -1.09. The van der Waals surface area contributed by atoms with E-state index in [0.29, 0.717) is 0 Å². The number of hydrogen-bond acceptors (Lipinski definition) is 8. The van der Waals surface area contributed by atoms with E-state index in [2.05, 4.69) is 20.0 Å². The zero-order chi connectivity index (χ0) is 21.9. The summed E-state index contributed by atoms with van der Waals surface area (Å²) >= 11 is 0. The van der Waals surface area contributed by atoms with E-state index in [0.717, 1.165) is 18.3 Å². The number of halogens is 3. The monoisotopic (exact) mass is 445 g/mol. The molecule has 10 nitrogen and oxygen atoms in total. The first-order valence-electron chi connectivity index (χ1n) is 8.19. The average Bonchev–Trinajstić information content (AvgIpc) is 3.34. The molecular weight excluding hydrogens is 431 g/mol. The van der Waals surface area contributed by atoms with Crippen LogP contribution in [0.2, 0.25) is 0 Å². The van der Waals surface area contributed by atoms with Crippen LogP contribution in [0, 0.1) is 0 Å². The summed E-state index contributed by atoms with van der Waals surface area (Å²) in [4.78, 5) is 15.5. The van der Waals surface area contributed by atoms with Gasteiger partial charge in [0.1, 0.15) is 11.4 Å². The van der Waals surface area contributed by atoms with Crippen LogP contribution in [0.5, 0.6) is 0 Å². The van der Waals surface area contributed by atoms with Gasteiger partial charge in [0.2, 0.25) is 15.8 Å². The van der Waals surface area contributed by atoms with Crippen molar-refractivity contribution in [3.05, 3.63) is 48.1 Å². The van der Waals surface area contributed by atoms with Gasteiger partial charge in [-0.1, -0.05) is 17.3 Å². The lowest BCUT2D eigenvalue weighted by Gasteiger charge is -2.05. The normalized spacial score (nSPS) is 12.1. The van der Waals surface area contributed by atoms with Gasteiger partial charge in [-0.3, -0.25) is 9.48 Å². The maximum atomic E-state index is 12.6. The number of carbonyl (C=O) groups is 1. The second-order valence-corrected chi connectivity index (χ2v) is 7.69. The van der Waals surface area contributed by atoms with E-state index in [4.69, 9.17) is 9.26 Å². The number of ether oxygens (including phenoxy) is 1. The number of alkyl halides is 3. The van der Waals surface area contributed by atoms with Gasteiger partial charge in [-0.05, 0) is 12.1 Å². The minimum Gasteiger partial charge on any atom is -0.455 e. The lowest BCUT2D eigenvalue weighted by molar-refractivity contribution is -0.144. The molecule has 2 aromatic heterocycles. The van der Waals surface area contributed by atoms with Crippen LogP contribution in [0.3, 0.4) is 0 Å². The lowest BCUT2D eigenvalue weighted by atomic mass is 10.1. The first-order chi connectivity index (χ1) is 14.0. The van der Waals surface area contributed by atoms with Crippen molar-refractivity contribution in [2.24, 2.45) is 7.05 Å². The number of carbonyl (C=O) groups excluding carboxylic acids is 1. The Kier molecular flexibility index (Phi) is 5.89. The van der Waals surface area contributed by atoms with Crippen molar-refractivity contribution in [3.63, 3.8) is 0 Å². The Labute approximate surface area is 167 Å². The molecule has 0 fully saturated rings. The van der Waals surface area contributed by atoms with Crippen LogP contribution in [-0.4, -0.2) is 40.9 Å². The fourth-order valence-corrected chi connectivity index (χ4v) is 3.16. The smallest absolute Gasteiger partial charge is 0.416 e. The van der Waals surface area contributed by atoms with Crippen molar-refractivity contribution in [1.82, 2.24) is 24.6 Å². The number of aromatic nitrogens is 4. The SMILES string of the molecule is Cn1cc(S(=O)(=O)NCC(=O)OCc2nc(-c3ccc(C(F)(F)F)cc3)no2)cn1. The molecule has 0 amide bonds. The number of esters is 1. The molecule has 0 saturated heterocycles. The first-order valence-corrected chi connectivity index (χ1v) is 9.67. The highest BCUT2D eigenvalue weighted by atomic mass is 32.2. The Morgan fingerprint density at radius 2 is 1.97 bits per heavy atom. The van der Waals surface area contributed by atoms with Crippen LogP contribution in [0.1, 0.15) is 11.5 Å². The molecular formula is C16H14F3N5O5S. The molecule has 30 heavy (non-hydrogen) atoms. The summed E-state index contributed by atoms with van der Waals surface area (Å²) in [6, 6.07) is 4.10. The van der Waals surface area contributed by atoms with Gasteiger partial charge >= 0.3 is 12.1 Å².